The molecule has 4 aromatic rings. The van der Waals surface area contributed by atoms with Gasteiger partial charge in [-0.3, -0.25) is 4.68 Å². The lowest BCUT2D eigenvalue weighted by molar-refractivity contribution is 0.586. The van der Waals surface area contributed by atoms with E-state index in [4.69, 9.17) is 11.6 Å². The Morgan fingerprint density at radius 3 is 2.74 bits per heavy atom. The fourth-order valence-corrected chi connectivity index (χ4v) is 3.31. The number of anilines is 2. The standard InChI is InChI=1S/C16H14ClN7O2S/c1-23-8-10-3-4-12(5-14(10)22-23)20-16-18-7-13(17)15(21-16)11-6-19-24(9-11)27(2,25)26/h3-9H,1-2H3,(H,18,20,21). The number of aromatic nitrogens is 6. The summed E-state index contributed by atoms with van der Waals surface area (Å²) in [7, 11) is -1.63. The maximum atomic E-state index is 11.6. The number of nitrogens with zero attached hydrogens (tertiary/aromatic N) is 6. The first-order chi connectivity index (χ1) is 12.8. The van der Waals surface area contributed by atoms with Crippen LogP contribution < -0.4 is 5.32 Å². The minimum atomic E-state index is -3.49. The number of hydrogen-bond acceptors (Lipinski definition) is 7. The number of fused-ring (bicyclic) bond motifs is 1. The van der Waals surface area contributed by atoms with E-state index in [0.717, 1.165) is 26.9 Å². The topological polar surface area (TPSA) is 108 Å². The van der Waals surface area contributed by atoms with Gasteiger partial charge in [0.05, 0.1) is 41.1 Å². The van der Waals surface area contributed by atoms with Crippen LogP contribution in [0.4, 0.5) is 11.6 Å². The normalized spacial score (nSPS) is 11.8. The van der Waals surface area contributed by atoms with Crippen molar-refractivity contribution in [3.05, 3.63) is 48.0 Å². The zero-order chi connectivity index (χ0) is 19.2. The molecule has 3 aromatic heterocycles. The molecule has 0 radical (unpaired) electrons. The summed E-state index contributed by atoms with van der Waals surface area (Å²) in [6.07, 6.45) is 7.18. The zero-order valence-corrected chi connectivity index (χ0v) is 15.9. The largest absolute Gasteiger partial charge is 0.324 e. The molecule has 0 spiro atoms. The molecule has 0 amide bonds. The predicted molar refractivity (Wildman–Crippen MR) is 103 cm³/mol. The Morgan fingerprint density at radius 1 is 1.19 bits per heavy atom. The molecule has 4 rings (SSSR count). The minimum absolute atomic E-state index is 0.286. The molecule has 0 unspecified atom stereocenters. The Labute approximate surface area is 159 Å². The second-order valence-corrected chi connectivity index (χ2v) is 8.20. The Bertz CT molecular complexity index is 1260. The monoisotopic (exact) mass is 403 g/mol. The van der Waals surface area contributed by atoms with Crippen LogP contribution >= 0.6 is 11.6 Å². The highest BCUT2D eigenvalue weighted by Gasteiger charge is 2.14. The van der Waals surface area contributed by atoms with Gasteiger partial charge >= 0.3 is 0 Å². The highest BCUT2D eigenvalue weighted by molar-refractivity contribution is 7.89. The fourth-order valence-electron chi connectivity index (χ4n) is 2.58. The van der Waals surface area contributed by atoms with Crippen LogP contribution in [0.25, 0.3) is 22.2 Å². The number of hydrogen-bond donors (Lipinski definition) is 1. The zero-order valence-electron chi connectivity index (χ0n) is 14.3. The Balaban J connectivity index is 1.68. The molecule has 0 aliphatic rings. The van der Waals surface area contributed by atoms with E-state index in [2.05, 4.69) is 25.5 Å². The summed E-state index contributed by atoms with van der Waals surface area (Å²) in [5, 5.41) is 12.6. The van der Waals surface area contributed by atoms with Gasteiger partial charge < -0.3 is 5.32 Å². The molecule has 0 saturated carbocycles. The molecule has 27 heavy (non-hydrogen) atoms. The van der Waals surface area contributed by atoms with Crippen molar-refractivity contribution in [2.24, 2.45) is 7.05 Å². The van der Waals surface area contributed by atoms with Gasteiger partial charge in [-0.05, 0) is 18.2 Å². The second kappa shape index (κ2) is 6.32. The average Bonchev–Trinajstić information content (AvgIpc) is 3.22. The summed E-state index contributed by atoms with van der Waals surface area (Å²) in [5.41, 5.74) is 2.45. The van der Waals surface area contributed by atoms with Crippen molar-refractivity contribution in [3.63, 3.8) is 0 Å². The number of aryl methyl sites for hydroxylation is 1. The van der Waals surface area contributed by atoms with Crippen molar-refractivity contribution in [1.82, 2.24) is 28.9 Å². The Hall–Kier alpha value is -2.98. The van der Waals surface area contributed by atoms with Gasteiger partial charge in [-0.15, -0.1) is 0 Å². The lowest BCUT2D eigenvalue weighted by Gasteiger charge is -2.07. The van der Waals surface area contributed by atoms with Crippen LogP contribution in [-0.4, -0.2) is 43.6 Å². The Kier molecular flexibility index (Phi) is 4.08. The van der Waals surface area contributed by atoms with E-state index >= 15 is 0 Å². The van der Waals surface area contributed by atoms with Crippen molar-refractivity contribution >= 4 is 44.2 Å². The predicted octanol–water partition coefficient (Wildman–Crippen LogP) is 2.43. The summed E-state index contributed by atoms with van der Waals surface area (Å²) in [4.78, 5) is 8.57. The molecule has 0 atom stereocenters. The van der Waals surface area contributed by atoms with Gasteiger partial charge in [-0.25, -0.2) is 18.4 Å². The average molecular weight is 404 g/mol. The molecule has 0 fully saturated rings. The van der Waals surface area contributed by atoms with E-state index in [0.29, 0.717) is 17.2 Å². The van der Waals surface area contributed by atoms with Gasteiger partial charge in [0.2, 0.25) is 5.95 Å². The maximum absolute atomic E-state index is 11.6. The SMILES string of the molecule is Cn1cc2ccc(Nc3ncc(Cl)c(-c4cnn(S(C)(=O)=O)c4)n3)cc2n1. The molecular formula is C16H14ClN7O2S. The molecule has 9 nitrogen and oxygen atoms in total. The van der Waals surface area contributed by atoms with E-state index < -0.39 is 10.0 Å². The van der Waals surface area contributed by atoms with Crippen LogP contribution in [0.2, 0.25) is 5.02 Å². The fraction of sp³-hybridized carbons (Fsp3) is 0.125. The first kappa shape index (κ1) is 17.4. The van der Waals surface area contributed by atoms with E-state index in [1.807, 2.05) is 31.4 Å². The molecule has 0 aliphatic carbocycles. The molecule has 0 saturated heterocycles. The van der Waals surface area contributed by atoms with Crippen molar-refractivity contribution in [2.75, 3.05) is 11.6 Å². The number of halogens is 1. The van der Waals surface area contributed by atoms with Crippen LogP contribution in [-0.2, 0) is 17.1 Å². The molecular weight excluding hydrogens is 390 g/mol. The van der Waals surface area contributed by atoms with Gasteiger partial charge in [-0.1, -0.05) is 11.6 Å². The minimum Gasteiger partial charge on any atom is -0.324 e. The molecule has 1 aromatic carbocycles. The summed E-state index contributed by atoms with van der Waals surface area (Å²) in [6.45, 7) is 0. The molecule has 0 bridgehead atoms. The Morgan fingerprint density at radius 2 is 2.00 bits per heavy atom. The van der Waals surface area contributed by atoms with Gasteiger partial charge in [0, 0.05) is 29.9 Å². The first-order valence-corrected chi connectivity index (χ1v) is 10.0. The lowest BCUT2D eigenvalue weighted by Crippen LogP contribution is -2.09. The van der Waals surface area contributed by atoms with Crippen LogP contribution in [0.1, 0.15) is 0 Å². The van der Waals surface area contributed by atoms with Crippen molar-refractivity contribution in [1.29, 1.82) is 0 Å². The lowest BCUT2D eigenvalue weighted by atomic mass is 10.2. The molecule has 138 valence electrons. The number of benzene rings is 1. The van der Waals surface area contributed by atoms with Crippen molar-refractivity contribution in [3.8, 4) is 11.3 Å². The molecule has 1 N–H and O–H groups in total. The van der Waals surface area contributed by atoms with E-state index in [-0.39, 0.29) is 5.02 Å². The van der Waals surface area contributed by atoms with Gasteiger partial charge in [-0.2, -0.15) is 14.3 Å². The number of rotatable bonds is 4. The highest BCUT2D eigenvalue weighted by atomic mass is 35.5. The third-order valence-corrected chi connectivity index (χ3v) is 4.95. The smallest absolute Gasteiger partial charge is 0.250 e. The van der Waals surface area contributed by atoms with Crippen molar-refractivity contribution < 1.29 is 8.42 Å². The number of nitrogens with one attached hydrogen (secondary N) is 1. The summed E-state index contributed by atoms with van der Waals surface area (Å²) in [6, 6.07) is 5.72. The first-order valence-electron chi connectivity index (χ1n) is 7.78. The quantitative estimate of drug-likeness (QED) is 0.557. The molecule has 11 heteroatoms. The molecule has 0 aliphatic heterocycles. The second-order valence-electron chi connectivity index (χ2n) is 5.96. The van der Waals surface area contributed by atoms with E-state index in [9.17, 15) is 8.42 Å². The van der Waals surface area contributed by atoms with E-state index in [1.165, 1.54) is 18.6 Å². The third-order valence-electron chi connectivity index (χ3n) is 3.80. The summed E-state index contributed by atoms with van der Waals surface area (Å²) in [5.74, 6) is 0.316. The van der Waals surface area contributed by atoms with Crippen molar-refractivity contribution in [2.45, 2.75) is 0 Å². The van der Waals surface area contributed by atoms with Crippen LogP contribution in [0, 0.1) is 0 Å². The third kappa shape index (κ3) is 3.49. The van der Waals surface area contributed by atoms with Crippen LogP contribution in [0.3, 0.4) is 0 Å². The highest BCUT2D eigenvalue weighted by Crippen LogP contribution is 2.27. The maximum Gasteiger partial charge on any atom is 0.250 e. The summed E-state index contributed by atoms with van der Waals surface area (Å²) >= 11 is 6.19. The summed E-state index contributed by atoms with van der Waals surface area (Å²) < 4.78 is 25.8. The van der Waals surface area contributed by atoms with Gasteiger partial charge in [0.1, 0.15) is 0 Å². The van der Waals surface area contributed by atoms with Crippen LogP contribution in [0.15, 0.2) is 43.0 Å². The van der Waals surface area contributed by atoms with Gasteiger partial charge in [0.15, 0.2) is 0 Å². The molecule has 3 heterocycles. The van der Waals surface area contributed by atoms with Gasteiger partial charge in [0.25, 0.3) is 10.0 Å². The van der Waals surface area contributed by atoms with E-state index in [1.54, 1.807) is 4.68 Å². The van der Waals surface area contributed by atoms with Crippen LogP contribution in [0.5, 0.6) is 0 Å².